The third kappa shape index (κ3) is 3.77. The fourth-order valence-electron chi connectivity index (χ4n) is 3.03. The Morgan fingerprint density at radius 2 is 2.04 bits per heavy atom. The summed E-state index contributed by atoms with van der Waals surface area (Å²) in [5, 5.41) is 13.4. The summed E-state index contributed by atoms with van der Waals surface area (Å²) in [5.74, 6) is 0.814. The van der Waals surface area contributed by atoms with Crippen LogP contribution in [0, 0.1) is 0 Å². The first-order chi connectivity index (χ1) is 12.7. The van der Waals surface area contributed by atoms with Crippen molar-refractivity contribution < 1.29 is 4.79 Å². The maximum Gasteiger partial charge on any atom is 0.240 e. The van der Waals surface area contributed by atoms with Crippen LogP contribution in [-0.4, -0.2) is 58.7 Å². The van der Waals surface area contributed by atoms with Crippen LogP contribution in [0.3, 0.4) is 0 Å². The molecule has 1 aromatic carbocycles. The number of carbonyl (C=O) groups is 1. The van der Waals surface area contributed by atoms with Crippen LogP contribution < -0.4 is 10.2 Å². The molecular formula is C17H17ClN6OS. The molecule has 7 nitrogen and oxygen atoms in total. The van der Waals surface area contributed by atoms with E-state index in [0.29, 0.717) is 16.8 Å². The number of piperazine rings is 1. The molecule has 0 unspecified atom stereocenters. The number of pyridine rings is 1. The van der Waals surface area contributed by atoms with Crippen molar-refractivity contribution in [1.29, 1.82) is 0 Å². The zero-order chi connectivity index (χ0) is 17.9. The van der Waals surface area contributed by atoms with E-state index in [4.69, 9.17) is 11.6 Å². The molecular weight excluding hydrogens is 372 g/mol. The van der Waals surface area contributed by atoms with Gasteiger partial charge in [0.05, 0.1) is 6.54 Å². The van der Waals surface area contributed by atoms with E-state index >= 15 is 0 Å². The van der Waals surface area contributed by atoms with Gasteiger partial charge >= 0.3 is 0 Å². The van der Waals surface area contributed by atoms with E-state index in [0.717, 1.165) is 42.8 Å². The van der Waals surface area contributed by atoms with E-state index in [9.17, 15) is 4.79 Å². The molecule has 4 rings (SSSR count). The first-order valence-electron chi connectivity index (χ1n) is 8.27. The fourth-order valence-corrected chi connectivity index (χ4v) is 3.75. The Morgan fingerprint density at radius 3 is 2.81 bits per heavy atom. The second-order valence-corrected chi connectivity index (χ2v) is 7.24. The number of amides is 1. The van der Waals surface area contributed by atoms with Gasteiger partial charge in [-0.05, 0) is 11.5 Å². The van der Waals surface area contributed by atoms with Crippen LogP contribution in [0.4, 0.5) is 10.9 Å². The van der Waals surface area contributed by atoms with E-state index in [1.54, 1.807) is 5.51 Å². The minimum atomic E-state index is -0.0675. The van der Waals surface area contributed by atoms with Crippen LogP contribution in [0.1, 0.15) is 0 Å². The standard InChI is InChI=1S/C17H17ClN6OS/c18-16-13-4-2-1-3-12(13)9-14(20-16)24-7-5-23(6-8-24)10-15(25)21-17-22-19-11-26-17/h1-4,9,11H,5-8,10H2,(H,21,22,25). The van der Waals surface area contributed by atoms with E-state index in [2.05, 4.69) is 36.4 Å². The molecule has 0 spiro atoms. The number of hydrogen-bond donors (Lipinski definition) is 1. The number of hydrogen-bond acceptors (Lipinski definition) is 7. The fraction of sp³-hybridized carbons (Fsp3) is 0.294. The summed E-state index contributed by atoms with van der Waals surface area (Å²) in [7, 11) is 0. The number of rotatable bonds is 4. The zero-order valence-electron chi connectivity index (χ0n) is 13.9. The van der Waals surface area contributed by atoms with Gasteiger partial charge in [0, 0.05) is 31.6 Å². The molecule has 3 heterocycles. The third-order valence-corrected chi connectivity index (χ3v) is 5.25. The molecule has 0 aliphatic carbocycles. The van der Waals surface area contributed by atoms with Gasteiger partial charge in [-0.1, -0.05) is 47.2 Å². The van der Waals surface area contributed by atoms with Gasteiger partial charge in [0.15, 0.2) is 0 Å². The zero-order valence-corrected chi connectivity index (χ0v) is 15.5. The van der Waals surface area contributed by atoms with Crippen molar-refractivity contribution in [3.63, 3.8) is 0 Å². The highest BCUT2D eigenvalue weighted by atomic mass is 35.5. The molecule has 3 aromatic rings. The molecule has 1 amide bonds. The summed E-state index contributed by atoms with van der Waals surface area (Å²) in [5.41, 5.74) is 1.59. The Morgan fingerprint density at radius 1 is 1.23 bits per heavy atom. The maximum absolute atomic E-state index is 12.1. The highest BCUT2D eigenvalue weighted by Gasteiger charge is 2.21. The topological polar surface area (TPSA) is 74.2 Å². The molecule has 0 atom stereocenters. The Bertz CT molecular complexity index is 911. The Hall–Kier alpha value is -2.29. The van der Waals surface area contributed by atoms with Gasteiger partial charge in [0.1, 0.15) is 16.5 Å². The van der Waals surface area contributed by atoms with E-state index in [-0.39, 0.29) is 5.91 Å². The predicted octanol–water partition coefficient (Wildman–Crippen LogP) is 2.50. The minimum Gasteiger partial charge on any atom is -0.354 e. The molecule has 1 saturated heterocycles. The minimum absolute atomic E-state index is 0.0675. The second-order valence-electron chi connectivity index (χ2n) is 6.05. The van der Waals surface area contributed by atoms with Crippen LogP contribution in [-0.2, 0) is 4.79 Å². The van der Waals surface area contributed by atoms with E-state index in [1.807, 2.05) is 24.3 Å². The molecule has 1 aliphatic rings. The lowest BCUT2D eigenvalue weighted by Gasteiger charge is -2.35. The number of benzene rings is 1. The van der Waals surface area contributed by atoms with Crippen molar-refractivity contribution in [3.05, 3.63) is 41.0 Å². The average molecular weight is 389 g/mol. The van der Waals surface area contributed by atoms with Gasteiger partial charge in [0.25, 0.3) is 0 Å². The van der Waals surface area contributed by atoms with Crippen LogP contribution in [0.5, 0.6) is 0 Å². The van der Waals surface area contributed by atoms with Crippen LogP contribution >= 0.6 is 22.9 Å². The number of anilines is 2. The van der Waals surface area contributed by atoms with E-state index in [1.165, 1.54) is 11.3 Å². The number of fused-ring (bicyclic) bond motifs is 1. The summed E-state index contributed by atoms with van der Waals surface area (Å²) in [6.45, 7) is 3.52. The van der Waals surface area contributed by atoms with Crippen molar-refractivity contribution in [1.82, 2.24) is 20.1 Å². The number of carbonyl (C=O) groups excluding carboxylic acids is 1. The highest BCUT2D eigenvalue weighted by molar-refractivity contribution is 7.13. The summed E-state index contributed by atoms with van der Waals surface area (Å²) in [4.78, 5) is 20.9. The van der Waals surface area contributed by atoms with Gasteiger partial charge in [-0.15, -0.1) is 10.2 Å². The Balaban J connectivity index is 1.37. The van der Waals surface area contributed by atoms with Gasteiger partial charge in [-0.3, -0.25) is 15.0 Å². The molecule has 2 aromatic heterocycles. The van der Waals surface area contributed by atoms with Gasteiger partial charge in [-0.25, -0.2) is 4.98 Å². The Kier molecular flexibility index (Phi) is 4.96. The number of halogens is 1. The number of nitrogens with one attached hydrogen (secondary N) is 1. The predicted molar refractivity (Wildman–Crippen MR) is 104 cm³/mol. The van der Waals surface area contributed by atoms with Crippen molar-refractivity contribution in [2.75, 3.05) is 42.9 Å². The first kappa shape index (κ1) is 17.1. The quantitative estimate of drug-likeness (QED) is 0.692. The van der Waals surface area contributed by atoms with Crippen LogP contribution in [0.2, 0.25) is 5.15 Å². The first-order valence-corrected chi connectivity index (χ1v) is 9.53. The van der Waals surface area contributed by atoms with Crippen molar-refractivity contribution in [2.45, 2.75) is 0 Å². The summed E-state index contributed by atoms with van der Waals surface area (Å²) < 4.78 is 0. The Labute approximate surface area is 159 Å². The molecule has 134 valence electrons. The average Bonchev–Trinajstić information content (AvgIpc) is 3.15. The molecule has 1 aliphatic heterocycles. The van der Waals surface area contributed by atoms with Crippen molar-refractivity contribution in [3.8, 4) is 0 Å². The monoisotopic (exact) mass is 388 g/mol. The molecule has 9 heteroatoms. The molecule has 1 N–H and O–H groups in total. The van der Waals surface area contributed by atoms with Crippen LogP contribution in [0.25, 0.3) is 10.8 Å². The lowest BCUT2D eigenvalue weighted by atomic mass is 10.1. The largest absolute Gasteiger partial charge is 0.354 e. The molecule has 0 radical (unpaired) electrons. The van der Waals surface area contributed by atoms with Crippen molar-refractivity contribution >= 4 is 50.6 Å². The summed E-state index contributed by atoms with van der Waals surface area (Å²) in [6, 6.07) is 10.0. The molecule has 0 saturated carbocycles. The summed E-state index contributed by atoms with van der Waals surface area (Å²) in [6.07, 6.45) is 0. The van der Waals surface area contributed by atoms with Gasteiger partial charge in [0.2, 0.25) is 11.0 Å². The normalized spacial score (nSPS) is 15.3. The van der Waals surface area contributed by atoms with Gasteiger partial charge in [-0.2, -0.15) is 0 Å². The summed E-state index contributed by atoms with van der Waals surface area (Å²) >= 11 is 7.65. The number of aromatic nitrogens is 3. The lowest BCUT2D eigenvalue weighted by Crippen LogP contribution is -2.48. The molecule has 26 heavy (non-hydrogen) atoms. The van der Waals surface area contributed by atoms with E-state index < -0.39 is 0 Å². The lowest BCUT2D eigenvalue weighted by molar-refractivity contribution is -0.117. The third-order valence-electron chi connectivity index (χ3n) is 4.35. The SMILES string of the molecule is O=C(CN1CCN(c2cc3ccccc3c(Cl)n2)CC1)Nc1nncs1. The smallest absolute Gasteiger partial charge is 0.240 e. The second kappa shape index (κ2) is 7.53. The maximum atomic E-state index is 12.1. The molecule has 1 fully saturated rings. The molecule has 0 bridgehead atoms. The highest BCUT2D eigenvalue weighted by Crippen LogP contribution is 2.26. The van der Waals surface area contributed by atoms with Crippen molar-refractivity contribution in [2.24, 2.45) is 0 Å². The van der Waals surface area contributed by atoms with Gasteiger partial charge < -0.3 is 4.90 Å². The van der Waals surface area contributed by atoms with Crippen LogP contribution in [0.15, 0.2) is 35.8 Å². The number of nitrogens with zero attached hydrogens (tertiary/aromatic N) is 5.